The minimum Gasteiger partial charge on any atom is -0.507 e. The second kappa shape index (κ2) is 7.65. The van der Waals surface area contributed by atoms with E-state index in [0.29, 0.717) is 23.4 Å². The fraction of sp³-hybridized carbons (Fsp3) is 0.320. The van der Waals surface area contributed by atoms with Gasteiger partial charge < -0.3 is 14.6 Å². The zero-order valence-electron chi connectivity index (χ0n) is 17.1. The number of Topliss-reactive ketones (excluding diaryl/α,β-unsaturated/α-hetero) is 1. The summed E-state index contributed by atoms with van der Waals surface area (Å²) in [6.45, 7) is 4.55. The number of allylic oxidation sites excluding steroid dienone is 1. The molecule has 1 saturated heterocycles. The lowest BCUT2D eigenvalue weighted by Crippen LogP contribution is -2.29. The van der Waals surface area contributed by atoms with Crippen LogP contribution in [0.5, 0.6) is 17.2 Å². The second-order valence-electron chi connectivity index (χ2n) is 8.16. The topological polar surface area (TPSA) is 59.0 Å². The Morgan fingerprint density at radius 3 is 2.77 bits per heavy atom. The smallest absolute Gasteiger partial charge is 0.231 e. The molecule has 1 N–H and O–H groups in total. The van der Waals surface area contributed by atoms with Crippen molar-refractivity contribution in [1.29, 1.82) is 0 Å². The molecule has 0 unspecified atom stereocenters. The number of carbonyl (C=O) groups is 1. The van der Waals surface area contributed by atoms with E-state index in [9.17, 15) is 9.90 Å². The zero-order valence-corrected chi connectivity index (χ0v) is 17.1. The predicted molar refractivity (Wildman–Crippen MR) is 115 cm³/mol. The predicted octanol–water partition coefficient (Wildman–Crippen LogP) is 4.70. The minimum atomic E-state index is -0.186. The molecule has 154 valence electrons. The van der Waals surface area contributed by atoms with Gasteiger partial charge in [0.15, 0.2) is 5.76 Å². The van der Waals surface area contributed by atoms with Crippen molar-refractivity contribution >= 4 is 11.9 Å². The fourth-order valence-electron chi connectivity index (χ4n) is 4.36. The molecule has 5 nitrogen and oxygen atoms in total. The lowest BCUT2D eigenvalue weighted by molar-refractivity contribution is 0.101. The molecule has 3 aliphatic heterocycles. The van der Waals surface area contributed by atoms with Gasteiger partial charge in [0, 0.05) is 12.1 Å². The summed E-state index contributed by atoms with van der Waals surface area (Å²) in [4.78, 5) is 15.3. The van der Waals surface area contributed by atoms with Gasteiger partial charge in [0.2, 0.25) is 5.78 Å². The van der Waals surface area contributed by atoms with Crippen molar-refractivity contribution in [2.75, 3.05) is 13.1 Å². The molecule has 0 radical (unpaired) electrons. The Hall–Kier alpha value is -3.05. The van der Waals surface area contributed by atoms with Crippen molar-refractivity contribution in [3.8, 4) is 17.2 Å². The summed E-state index contributed by atoms with van der Waals surface area (Å²) in [7, 11) is 0. The Balaban J connectivity index is 1.46. The van der Waals surface area contributed by atoms with Gasteiger partial charge in [-0.05, 0) is 68.8 Å². The van der Waals surface area contributed by atoms with Crippen LogP contribution in [-0.4, -0.2) is 35.0 Å². The van der Waals surface area contributed by atoms with Gasteiger partial charge in [-0.2, -0.15) is 0 Å². The number of carbonyl (C=O) groups excluding carboxylic acids is 1. The van der Waals surface area contributed by atoms with E-state index in [1.165, 1.54) is 6.42 Å². The summed E-state index contributed by atoms with van der Waals surface area (Å²) in [6.07, 6.45) is 7.18. The summed E-state index contributed by atoms with van der Waals surface area (Å²) in [5.74, 6) is 1.62. The highest BCUT2D eigenvalue weighted by Crippen LogP contribution is 2.41. The van der Waals surface area contributed by atoms with E-state index < -0.39 is 0 Å². The molecule has 30 heavy (non-hydrogen) atoms. The first-order chi connectivity index (χ1) is 14.6. The third kappa shape index (κ3) is 3.39. The van der Waals surface area contributed by atoms with Crippen molar-refractivity contribution < 1.29 is 19.4 Å². The van der Waals surface area contributed by atoms with Gasteiger partial charge in [-0.1, -0.05) is 24.6 Å². The molecular formula is C25H25NO4. The molecule has 5 heteroatoms. The normalized spacial score (nSPS) is 22.2. The van der Waals surface area contributed by atoms with Gasteiger partial charge >= 0.3 is 0 Å². The van der Waals surface area contributed by atoms with E-state index >= 15 is 0 Å². The molecule has 1 fully saturated rings. The molecule has 5 rings (SSSR count). The van der Waals surface area contributed by atoms with Crippen molar-refractivity contribution in [2.24, 2.45) is 0 Å². The maximum absolute atomic E-state index is 13.0. The van der Waals surface area contributed by atoms with E-state index in [1.54, 1.807) is 18.2 Å². The van der Waals surface area contributed by atoms with Crippen LogP contribution in [0.25, 0.3) is 6.08 Å². The molecule has 0 amide bonds. The van der Waals surface area contributed by atoms with Crippen LogP contribution < -0.4 is 9.47 Å². The highest BCUT2D eigenvalue weighted by molar-refractivity contribution is 6.13. The molecule has 2 aromatic rings. The quantitative estimate of drug-likeness (QED) is 0.753. The van der Waals surface area contributed by atoms with Gasteiger partial charge in [-0.25, -0.2) is 0 Å². The highest BCUT2D eigenvalue weighted by Gasteiger charge is 2.32. The van der Waals surface area contributed by atoms with Gasteiger partial charge in [-0.3, -0.25) is 9.69 Å². The summed E-state index contributed by atoms with van der Waals surface area (Å²) in [6, 6.07) is 11.1. The van der Waals surface area contributed by atoms with Crippen molar-refractivity contribution in [2.45, 2.75) is 38.8 Å². The number of likely N-dealkylation sites (tertiary alicyclic amines) is 1. The number of hydrogen-bond acceptors (Lipinski definition) is 5. The number of ether oxygens (including phenoxy) is 2. The Bertz CT molecular complexity index is 1060. The molecule has 1 atom stereocenters. The third-order valence-electron chi connectivity index (χ3n) is 6.06. The van der Waals surface area contributed by atoms with E-state index in [1.807, 2.05) is 37.3 Å². The number of rotatable bonds is 3. The summed E-state index contributed by atoms with van der Waals surface area (Å²) < 4.78 is 12.0. The van der Waals surface area contributed by atoms with Gasteiger partial charge in [0.25, 0.3) is 0 Å². The Labute approximate surface area is 176 Å². The molecular weight excluding hydrogens is 378 g/mol. The van der Waals surface area contributed by atoms with Gasteiger partial charge in [0.1, 0.15) is 23.4 Å². The lowest BCUT2D eigenvalue weighted by atomic mass is 10.00. The first kappa shape index (κ1) is 18.9. The molecule has 0 saturated carbocycles. The highest BCUT2D eigenvalue weighted by atomic mass is 16.5. The Kier molecular flexibility index (Phi) is 4.83. The largest absolute Gasteiger partial charge is 0.507 e. The maximum Gasteiger partial charge on any atom is 0.231 e. The first-order valence-corrected chi connectivity index (χ1v) is 10.6. The second-order valence-corrected chi connectivity index (χ2v) is 8.16. The van der Waals surface area contributed by atoms with Crippen LogP contribution >= 0.6 is 0 Å². The molecule has 0 aliphatic carbocycles. The number of benzene rings is 2. The number of piperidine rings is 1. The van der Waals surface area contributed by atoms with Gasteiger partial charge in [-0.15, -0.1) is 0 Å². The average molecular weight is 403 g/mol. The number of phenolic OH excluding ortho intramolecular Hbond substituents is 1. The van der Waals surface area contributed by atoms with Crippen LogP contribution in [0, 0.1) is 0 Å². The molecule has 0 aromatic heterocycles. The SMILES string of the molecule is C[C@@H]1Oc2ccccc2C=C1/C=C1\Oc2c(ccc(O)c2CN2CCCCC2)C1=O. The van der Waals surface area contributed by atoms with Crippen LogP contribution in [0.2, 0.25) is 0 Å². The van der Waals surface area contributed by atoms with E-state index in [-0.39, 0.29) is 23.4 Å². The number of aromatic hydroxyl groups is 1. The summed E-state index contributed by atoms with van der Waals surface area (Å²) >= 11 is 0. The number of ketones is 1. The number of nitrogens with zero attached hydrogens (tertiary/aromatic N) is 1. The van der Waals surface area contributed by atoms with Crippen LogP contribution in [-0.2, 0) is 6.54 Å². The van der Waals surface area contributed by atoms with Crippen LogP contribution in [0.4, 0.5) is 0 Å². The first-order valence-electron chi connectivity index (χ1n) is 10.6. The van der Waals surface area contributed by atoms with Crippen molar-refractivity contribution in [3.05, 3.63) is 70.5 Å². The standard InChI is InChI=1S/C25H25NO4/c1-16-18(13-17-7-3-4-8-22(17)29-16)14-23-24(28)19-9-10-21(27)20(25(19)30-23)15-26-11-5-2-6-12-26/h3-4,7-10,13-14,16,27H,2,5-6,11-12,15H2,1H3/b23-14-/t16-/m0/s1. The summed E-state index contributed by atoms with van der Waals surface area (Å²) in [5.41, 5.74) is 3.07. The van der Waals surface area contributed by atoms with Crippen LogP contribution in [0.1, 0.15) is 47.7 Å². The van der Waals surface area contributed by atoms with E-state index in [2.05, 4.69) is 4.90 Å². The van der Waals surface area contributed by atoms with Crippen molar-refractivity contribution in [1.82, 2.24) is 4.90 Å². The average Bonchev–Trinajstić information content (AvgIpc) is 3.07. The molecule has 0 bridgehead atoms. The lowest BCUT2D eigenvalue weighted by Gasteiger charge is -2.27. The van der Waals surface area contributed by atoms with Crippen LogP contribution in [0.3, 0.4) is 0 Å². The molecule has 3 heterocycles. The Morgan fingerprint density at radius 1 is 1.13 bits per heavy atom. The summed E-state index contributed by atoms with van der Waals surface area (Å²) in [5, 5.41) is 10.5. The van der Waals surface area contributed by atoms with E-state index in [4.69, 9.17) is 9.47 Å². The van der Waals surface area contributed by atoms with Crippen LogP contribution in [0.15, 0.2) is 53.8 Å². The maximum atomic E-state index is 13.0. The number of fused-ring (bicyclic) bond motifs is 2. The van der Waals surface area contributed by atoms with E-state index in [0.717, 1.165) is 42.8 Å². The van der Waals surface area contributed by atoms with Gasteiger partial charge in [0.05, 0.1) is 11.1 Å². The zero-order chi connectivity index (χ0) is 20.7. The monoisotopic (exact) mass is 403 g/mol. The Morgan fingerprint density at radius 2 is 1.93 bits per heavy atom. The number of para-hydroxylation sites is 1. The molecule has 2 aromatic carbocycles. The number of phenols is 1. The number of hydrogen-bond donors (Lipinski definition) is 1. The third-order valence-corrected chi connectivity index (χ3v) is 6.06. The fourth-order valence-corrected chi connectivity index (χ4v) is 4.36. The van der Waals surface area contributed by atoms with Crippen molar-refractivity contribution in [3.63, 3.8) is 0 Å². The molecule has 0 spiro atoms. The molecule has 3 aliphatic rings. The minimum absolute atomic E-state index is 0.156.